The summed E-state index contributed by atoms with van der Waals surface area (Å²) in [6, 6.07) is 4.37. The number of carboxylic acid groups (broad SMARTS) is 1. The zero-order valence-electron chi connectivity index (χ0n) is 10.8. The van der Waals surface area contributed by atoms with Gasteiger partial charge in [-0.15, -0.1) is 0 Å². The highest BCUT2D eigenvalue weighted by Gasteiger charge is 2.34. The molecule has 1 aromatic carbocycles. The van der Waals surface area contributed by atoms with E-state index in [0.29, 0.717) is 0 Å². The van der Waals surface area contributed by atoms with Gasteiger partial charge in [0.15, 0.2) is 0 Å². The Morgan fingerprint density at radius 1 is 1.12 bits per heavy atom. The van der Waals surface area contributed by atoms with Crippen molar-refractivity contribution in [2.45, 2.75) is 46.0 Å². The van der Waals surface area contributed by atoms with Crippen LogP contribution in [0.15, 0.2) is 12.1 Å². The molecule has 0 aromatic heterocycles. The van der Waals surface area contributed by atoms with Crippen molar-refractivity contribution in [2.75, 3.05) is 0 Å². The summed E-state index contributed by atoms with van der Waals surface area (Å²) >= 11 is 0. The number of carbonyl (C=O) groups is 1. The van der Waals surface area contributed by atoms with Gasteiger partial charge in [0.1, 0.15) is 0 Å². The number of hydrogen-bond donors (Lipinski definition) is 1. The van der Waals surface area contributed by atoms with Crippen molar-refractivity contribution in [3.8, 4) is 0 Å². The molecule has 1 aliphatic rings. The number of hydrogen-bond acceptors (Lipinski definition) is 1. The molecule has 2 atom stereocenters. The van der Waals surface area contributed by atoms with Crippen LogP contribution in [-0.2, 0) is 4.79 Å². The lowest BCUT2D eigenvalue weighted by Gasteiger charge is -2.20. The number of aliphatic carboxylic acids is 1. The van der Waals surface area contributed by atoms with Gasteiger partial charge in [0, 0.05) is 0 Å². The van der Waals surface area contributed by atoms with E-state index in [-0.39, 0.29) is 11.8 Å². The summed E-state index contributed by atoms with van der Waals surface area (Å²) in [6.07, 6.45) is 2.88. The van der Waals surface area contributed by atoms with Crippen LogP contribution in [0.1, 0.15) is 47.4 Å². The van der Waals surface area contributed by atoms with Gasteiger partial charge in [-0.3, -0.25) is 4.79 Å². The molecule has 2 unspecified atom stereocenters. The summed E-state index contributed by atoms with van der Waals surface area (Å²) in [5, 5.41) is 9.26. The van der Waals surface area contributed by atoms with Crippen molar-refractivity contribution >= 4 is 5.97 Å². The molecule has 2 heteroatoms. The zero-order valence-corrected chi connectivity index (χ0v) is 10.8. The fraction of sp³-hybridized carbons (Fsp3) is 0.533. The summed E-state index contributed by atoms with van der Waals surface area (Å²) in [7, 11) is 0. The Hall–Kier alpha value is -1.31. The van der Waals surface area contributed by atoms with E-state index in [0.717, 1.165) is 19.3 Å². The van der Waals surface area contributed by atoms with Gasteiger partial charge in [0.25, 0.3) is 0 Å². The molecule has 1 N–H and O–H groups in total. The molecular weight excluding hydrogens is 212 g/mol. The number of rotatable bonds is 2. The van der Waals surface area contributed by atoms with Crippen LogP contribution in [0.5, 0.6) is 0 Å². The van der Waals surface area contributed by atoms with Crippen LogP contribution in [-0.4, -0.2) is 11.1 Å². The van der Waals surface area contributed by atoms with Gasteiger partial charge in [-0.1, -0.05) is 18.6 Å². The monoisotopic (exact) mass is 232 g/mol. The quantitative estimate of drug-likeness (QED) is 0.846. The van der Waals surface area contributed by atoms with Crippen LogP contribution < -0.4 is 0 Å². The molecule has 2 nitrogen and oxygen atoms in total. The largest absolute Gasteiger partial charge is 0.481 e. The number of carboxylic acids is 1. The maximum absolute atomic E-state index is 11.2. The molecule has 0 radical (unpaired) electrons. The highest BCUT2D eigenvalue weighted by molar-refractivity contribution is 5.72. The Balaban J connectivity index is 2.40. The van der Waals surface area contributed by atoms with Crippen LogP contribution in [0.4, 0.5) is 0 Å². The third kappa shape index (κ3) is 2.21. The molecule has 1 aliphatic carbocycles. The van der Waals surface area contributed by atoms with Crippen molar-refractivity contribution in [1.29, 1.82) is 0 Å². The van der Waals surface area contributed by atoms with E-state index in [9.17, 15) is 9.90 Å². The molecule has 0 saturated heterocycles. The topological polar surface area (TPSA) is 37.3 Å². The average Bonchev–Trinajstić information content (AvgIpc) is 2.72. The lowest BCUT2D eigenvalue weighted by molar-refractivity contribution is -0.142. The fourth-order valence-electron chi connectivity index (χ4n) is 3.01. The number of benzene rings is 1. The molecule has 0 amide bonds. The van der Waals surface area contributed by atoms with E-state index in [2.05, 4.69) is 32.9 Å². The lowest BCUT2D eigenvalue weighted by atomic mass is 9.84. The van der Waals surface area contributed by atoms with Crippen molar-refractivity contribution in [3.63, 3.8) is 0 Å². The molecule has 1 fully saturated rings. The van der Waals surface area contributed by atoms with E-state index in [1.165, 1.54) is 22.3 Å². The van der Waals surface area contributed by atoms with Crippen molar-refractivity contribution < 1.29 is 9.90 Å². The van der Waals surface area contributed by atoms with Crippen LogP contribution in [0, 0.1) is 26.7 Å². The summed E-state index contributed by atoms with van der Waals surface area (Å²) in [6.45, 7) is 6.30. The van der Waals surface area contributed by atoms with Gasteiger partial charge in [-0.05, 0) is 61.8 Å². The van der Waals surface area contributed by atoms with Crippen LogP contribution in [0.25, 0.3) is 0 Å². The first-order chi connectivity index (χ1) is 8.00. The highest BCUT2D eigenvalue weighted by atomic mass is 16.4. The van der Waals surface area contributed by atoms with Crippen LogP contribution in [0.2, 0.25) is 0 Å². The Morgan fingerprint density at radius 2 is 1.76 bits per heavy atom. The van der Waals surface area contributed by atoms with Crippen LogP contribution in [0.3, 0.4) is 0 Å². The van der Waals surface area contributed by atoms with Gasteiger partial charge in [-0.25, -0.2) is 0 Å². The van der Waals surface area contributed by atoms with Crippen molar-refractivity contribution in [1.82, 2.24) is 0 Å². The first-order valence-electron chi connectivity index (χ1n) is 6.31. The van der Waals surface area contributed by atoms with Gasteiger partial charge in [0.05, 0.1) is 5.92 Å². The summed E-state index contributed by atoms with van der Waals surface area (Å²) in [5.41, 5.74) is 5.04. The standard InChI is InChI=1S/C15H20O2/c1-9-7-11(3)14(8-10(9)2)12-5-4-6-13(12)15(16)17/h7-8,12-13H,4-6H2,1-3H3,(H,16,17). The van der Waals surface area contributed by atoms with Gasteiger partial charge >= 0.3 is 5.97 Å². The second-order valence-electron chi connectivity index (χ2n) is 5.28. The Bertz CT molecular complexity index is 448. The maximum atomic E-state index is 11.2. The van der Waals surface area contributed by atoms with Crippen molar-refractivity contribution in [2.24, 2.45) is 5.92 Å². The van der Waals surface area contributed by atoms with Gasteiger partial charge < -0.3 is 5.11 Å². The first-order valence-corrected chi connectivity index (χ1v) is 6.31. The SMILES string of the molecule is Cc1cc(C)c(C2CCCC2C(=O)O)cc1C. The molecule has 2 rings (SSSR count). The summed E-state index contributed by atoms with van der Waals surface area (Å²) in [4.78, 5) is 11.2. The van der Waals surface area contributed by atoms with E-state index >= 15 is 0 Å². The minimum absolute atomic E-state index is 0.184. The summed E-state index contributed by atoms with van der Waals surface area (Å²) in [5.74, 6) is -0.604. The molecule has 0 spiro atoms. The minimum Gasteiger partial charge on any atom is -0.481 e. The van der Waals surface area contributed by atoms with E-state index in [1.807, 2.05) is 0 Å². The predicted octanol–water partition coefficient (Wildman–Crippen LogP) is 3.58. The Morgan fingerprint density at radius 3 is 2.41 bits per heavy atom. The second kappa shape index (κ2) is 4.52. The van der Waals surface area contributed by atoms with Crippen molar-refractivity contribution in [3.05, 3.63) is 34.4 Å². The Kier molecular flexibility index (Phi) is 3.23. The fourth-order valence-corrected chi connectivity index (χ4v) is 3.01. The molecule has 1 saturated carbocycles. The maximum Gasteiger partial charge on any atom is 0.307 e. The zero-order chi connectivity index (χ0) is 12.6. The molecule has 0 aliphatic heterocycles. The predicted molar refractivity (Wildman–Crippen MR) is 68.4 cm³/mol. The number of aryl methyl sites for hydroxylation is 3. The highest BCUT2D eigenvalue weighted by Crippen LogP contribution is 2.41. The lowest BCUT2D eigenvalue weighted by Crippen LogP contribution is -2.17. The molecule has 1 aromatic rings. The van der Waals surface area contributed by atoms with Crippen LogP contribution >= 0.6 is 0 Å². The molecular formula is C15H20O2. The average molecular weight is 232 g/mol. The third-order valence-electron chi connectivity index (χ3n) is 4.11. The minimum atomic E-state index is -0.634. The molecule has 17 heavy (non-hydrogen) atoms. The molecule has 0 bridgehead atoms. The van der Waals surface area contributed by atoms with E-state index in [4.69, 9.17) is 0 Å². The van der Waals surface area contributed by atoms with E-state index < -0.39 is 5.97 Å². The van der Waals surface area contributed by atoms with Gasteiger partial charge in [-0.2, -0.15) is 0 Å². The molecule has 92 valence electrons. The molecule has 0 heterocycles. The van der Waals surface area contributed by atoms with E-state index in [1.54, 1.807) is 0 Å². The smallest absolute Gasteiger partial charge is 0.307 e. The first kappa shape index (κ1) is 12.2. The second-order valence-corrected chi connectivity index (χ2v) is 5.28. The normalized spacial score (nSPS) is 23.9. The third-order valence-corrected chi connectivity index (χ3v) is 4.11. The van der Waals surface area contributed by atoms with Gasteiger partial charge in [0.2, 0.25) is 0 Å². The summed E-state index contributed by atoms with van der Waals surface area (Å²) < 4.78 is 0. The Labute approximate surface area is 103 Å².